The average molecular weight is 299 g/mol. The van der Waals surface area contributed by atoms with Gasteiger partial charge in [-0.2, -0.15) is 0 Å². The topological polar surface area (TPSA) is 54.4 Å². The number of aliphatic carboxylic acids is 1. The summed E-state index contributed by atoms with van der Waals surface area (Å²) in [6.07, 6.45) is 0.697. The van der Waals surface area contributed by atoms with Crippen LogP contribution in [0.15, 0.2) is 28.7 Å². The molecule has 0 amide bonds. The second kappa shape index (κ2) is 6.55. The molecule has 0 saturated heterocycles. The van der Waals surface area contributed by atoms with Crippen molar-refractivity contribution < 1.29 is 14.7 Å². The molecule has 0 heterocycles. The van der Waals surface area contributed by atoms with Crippen molar-refractivity contribution in [1.82, 2.24) is 0 Å². The van der Waals surface area contributed by atoms with E-state index in [1.54, 1.807) is 0 Å². The van der Waals surface area contributed by atoms with Crippen molar-refractivity contribution in [3.8, 4) is 0 Å². The number of carbonyl (C=O) groups is 2. The first-order valence-electron chi connectivity index (χ1n) is 5.48. The third-order valence-electron chi connectivity index (χ3n) is 2.59. The lowest BCUT2D eigenvalue weighted by atomic mass is 9.95. The standard InChI is InChI=1S/C13H15BrO3/c1-9(12(15)6-7-13(16)17)8-10-2-4-11(14)5-3-10/h2-5,9H,6-8H2,1H3,(H,16,17)/t9-/m0/s1. The summed E-state index contributed by atoms with van der Waals surface area (Å²) in [5.41, 5.74) is 1.09. The number of rotatable bonds is 6. The summed E-state index contributed by atoms with van der Waals surface area (Å²) in [7, 11) is 0. The fourth-order valence-corrected chi connectivity index (χ4v) is 1.83. The number of carbonyl (C=O) groups excluding carboxylic acids is 1. The van der Waals surface area contributed by atoms with E-state index in [2.05, 4.69) is 15.9 Å². The molecule has 0 fully saturated rings. The predicted molar refractivity (Wildman–Crippen MR) is 68.9 cm³/mol. The number of hydrogen-bond acceptors (Lipinski definition) is 2. The molecule has 0 aliphatic heterocycles. The Morgan fingerprint density at radius 2 is 1.82 bits per heavy atom. The second-order valence-electron chi connectivity index (χ2n) is 4.09. The lowest BCUT2D eigenvalue weighted by Crippen LogP contribution is -2.15. The quantitative estimate of drug-likeness (QED) is 0.878. The van der Waals surface area contributed by atoms with Gasteiger partial charge in [0, 0.05) is 16.8 Å². The Morgan fingerprint density at radius 3 is 2.35 bits per heavy atom. The van der Waals surface area contributed by atoms with Crippen LogP contribution in [-0.2, 0) is 16.0 Å². The van der Waals surface area contributed by atoms with Gasteiger partial charge in [0.2, 0.25) is 0 Å². The molecule has 0 unspecified atom stereocenters. The minimum atomic E-state index is -0.922. The summed E-state index contributed by atoms with van der Waals surface area (Å²) in [6.45, 7) is 1.84. The van der Waals surface area contributed by atoms with Crippen molar-refractivity contribution in [3.63, 3.8) is 0 Å². The maximum Gasteiger partial charge on any atom is 0.303 e. The first-order valence-corrected chi connectivity index (χ1v) is 6.27. The number of carboxylic acid groups (broad SMARTS) is 1. The highest BCUT2D eigenvalue weighted by atomic mass is 79.9. The van der Waals surface area contributed by atoms with Crippen LogP contribution in [0.25, 0.3) is 0 Å². The number of Topliss-reactive ketones (excluding diaryl/α,β-unsaturated/α-hetero) is 1. The second-order valence-corrected chi connectivity index (χ2v) is 5.01. The molecule has 0 saturated carbocycles. The van der Waals surface area contributed by atoms with Crippen molar-refractivity contribution in [3.05, 3.63) is 34.3 Å². The first kappa shape index (κ1) is 13.9. The van der Waals surface area contributed by atoms with E-state index < -0.39 is 5.97 Å². The molecule has 1 atom stereocenters. The van der Waals surface area contributed by atoms with Gasteiger partial charge in [-0.1, -0.05) is 35.0 Å². The Labute approximate surface area is 109 Å². The van der Waals surface area contributed by atoms with Gasteiger partial charge < -0.3 is 5.11 Å². The third-order valence-corrected chi connectivity index (χ3v) is 3.12. The number of carboxylic acids is 1. The molecule has 92 valence electrons. The van der Waals surface area contributed by atoms with Crippen LogP contribution >= 0.6 is 15.9 Å². The molecular formula is C13H15BrO3. The maximum absolute atomic E-state index is 11.6. The largest absolute Gasteiger partial charge is 0.481 e. The van der Waals surface area contributed by atoms with Gasteiger partial charge in [-0.05, 0) is 24.1 Å². The predicted octanol–water partition coefficient (Wildman–Crippen LogP) is 3.06. The summed E-state index contributed by atoms with van der Waals surface area (Å²) < 4.78 is 1.01. The van der Waals surface area contributed by atoms with Crippen molar-refractivity contribution in [2.75, 3.05) is 0 Å². The minimum Gasteiger partial charge on any atom is -0.481 e. The highest BCUT2D eigenvalue weighted by molar-refractivity contribution is 9.10. The Hall–Kier alpha value is -1.16. The van der Waals surface area contributed by atoms with Crippen LogP contribution in [0.2, 0.25) is 0 Å². The van der Waals surface area contributed by atoms with Crippen LogP contribution in [0, 0.1) is 5.92 Å². The summed E-state index contributed by atoms with van der Waals surface area (Å²) in [6, 6.07) is 7.80. The Morgan fingerprint density at radius 1 is 1.24 bits per heavy atom. The highest BCUT2D eigenvalue weighted by Gasteiger charge is 2.14. The van der Waals surface area contributed by atoms with E-state index in [0.717, 1.165) is 10.0 Å². The SMILES string of the molecule is C[C@@H](Cc1ccc(Br)cc1)C(=O)CCC(=O)O. The van der Waals surface area contributed by atoms with E-state index in [1.165, 1.54) is 0 Å². The molecule has 0 bridgehead atoms. The smallest absolute Gasteiger partial charge is 0.303 e. The highest BCUT2D eigenvalue weighted by Crippen LogP contribution is 2.15. The molecule has 1 aromatic rings. The van der Waals surface area contributed by atoms with E-state index in [0.29, 0.717) is 6.42 Å². The zero-order valence-electron chi connectivity index (χ0n) is 9.65. The van der Waals surface area contributed by atoms with Gasteiger partial charge in [-0.25, -0.2) is 0 Å². The molecule has 1 aromatic carbocycles. The molecule has 0 radical (unpaired) electrons. The Bertz CT molecular complexity index is 398. The van der Waals surface area contributed by atoms with Crippen LogP contribution in [0.4, 0.5) is 0 Å². The molecule has 0 aliphatic rings. The van der Waals surface area contributed by atoms with E-state index in [1.807, 2.05) is 31.2 Å². The lowest BCUT2D eigenvalue weighted by molar-refractivity contribution is -0.139. The average Bonchev–Trinajstić information content (AvgIpc) is 2.28. The molecule has 0 aromatic heterocycles. The van der Waals surface area contributed by atoms with Crippen LogP contribution in [0.3, 0.4) is 0 Å². The van der Waals surface area contributed by atoms with Crippen LogP contribution < -0.4 is 0 Å². The molecule has 3 nitrogen and oxygen atoms in total. The molecular weight excluding hydrogens is 284 g/mol. The van der Waals surface area contributed by atoms with Crippen LogP contribution in [0.5, 0.6) is 0 Å². The van der Waals surface area contributed by atoms with E-state index in [4.69, 9.17) is 5.11 Å². The van der Waals surface area contributed by atoms with E-state index in [-0.39, 0.29) is 24.5 Å². The van der Waals surface area contributed by atoms with Gasteiger partial charge in [-0.15, -0.1) is 0 Å². The number of ketones is 1. The van der Waals surface area contributed by atoms with Gasteiger partial charge in [0.25, 0.3) is 0 Å². The normalized spacial score (nSPS) is 12.1. The molecule has 0 spiro atoms. The summed E-state index contributed by atoms with van der Waals surface area (Å²) >= 11 is 3.35. The fraction of sp³-hybridized carbons (Fsp3) is 0.385. The maximum atomic E-state index is 11.6. The van der Waals surface area contributed by atoms with Crippen molar-refractivity contribution in [2.45, 2.75) is 26.2 Å². The van der Waals surface area contributed by atoms with Crippen molar-refractivity contribution in [2.24, 2.45) is 5.92 Å². The number of hydrogen-bond donors (Lipinski definition) is 1. The summed E-state index contributed by atoms with van der Waals surface area (Å²) in [5.74, 6) is -1.04. The Kier molecular flexibility index (Phi) is 5.35. The molecule has 4 heteroatoms. The van der Waals surface area contributed by atoms with Gasteiger partial charge in [0.15, 0.2) is 0 Å². The van der Waals surface area contributed by atoms with Crippen molar-refractivity contribution >= 4 is 27.7 Å². The molecule has 1 N–H and O–H groups in total. The van der Waals surface area contributed by atoms with Crippen LogP contribution in [0.1, 0.15) is 25.3 Å². The van der Waals surface area contributed by atoms with E-state index >= 15 is 0 Å². The Balaban J connectivity index is 2.48. The van der Waals surface area contributed by atoms with Gasteiger partial charge in [0.1, 0.15) is 5.78 Å². The molecule has 0 aliphatic carbocycles. The lowest BCUT2D eigenvalue weighted by Gasteiger charge is -2.09. The van der Waals surface area contributed by atoms with Gasteiger partial charge in [0.05, 0.1) is 6.42 Å². The number of halogens is 1. The van der Waals surface area contributed by atoms with Gasteiger partial charge in [-0.3, -0.25) is 9.59 Å². The molecule has 1 rings (SSSR count). The van der Waals surface area contributed by atoms with Crippen molar-refractivity contribution in [1.29, 1.82) is 0 Å². The summed E-state index contributed by atoms with van der Waals surface area (Å²) in [4.78, 5) is 22.0. The summed E-state index contributed by atoms with van der Waals surface area (Å²) in [5, 5.41) is 8.51. The minimum absolute atomic E-state index is 0.00955. The fourth-order valence-electron chi connectivity index (χ4n) is 1.56. The zero-order chi connectivity index (χ0) is 12.8. The van der Waals surface area contributed by atoms with Gasteiger partial charge >= 0.3 is 5.97 Å². The number of benzene rings is 1. The van der Waals surface area contributed by atoms with Crippen LogP contribution in [-0.4, -0.2) is 16.9 Å². The third kappa shape index (κ3) is 5.13. The monoisotopic (exact) mass is 298 g/mol. The van der Waals surface area contributed by atoms with E-state index in [9.17, 15) is 9.59 Å². The zero-order valence-corrected chi connectivity index (χ0v) is 11.2. The first-order chi connectivity index (χ1) is 7.99. The molecule has 17 heavy (non-hydrogen) atoms.